The molecule has 2 atom stereocenters. The molecule has 0 aromatic rings. The van der Waals surface area contributed by atoms with E-state index in [2.05, 4.69) is 5.32 Å². The van der Waals surface area contributed by atoms with E-state index in [-0.39, 0.29) is 214 Å². The molecule has 0 radical (unpaired) electrons. The Balaban J connectivity index is 3.24. The van der Waals surface area contributed by atoms with Crippen molar-refractivity contribution in [2.24, 2.45) is 52.0 Å². The number of rotatable bonds is 71. The normalized spacial score (nSPS) is 12.7. The molecule has 0 aromatic heterocycles. The van der Waals surface area contributed by atoms with E-state index in [9.17, 15) is 81.8 Å². The molecular formula is C75H139N21O24S. The lowest BCUT2D eigenvalue weighted by atomic mass is 10.1. The third kappa shape index (κ3) is 45.5. The van der Waals surface area contributed by atoms with E-state index in [0.29, 0.717) is 43.3 Å². The number of hydrogen-bond acceptors (Lipinski definition) is 31. The highest BCUT2D eigenvalue weighted by molar-refractivity contribution is 7.99. The Bertz CT molecular complexity index is 3180. The van der Waals surface area contributed by atoms with Gasteiger partial charge in [-0.3, -0.25) is 81.6 Å². The topological polar surface area (TPSA) is 594 Å². The van der Waals surface area contributed by atoms with Gasteiger partial charge in [-0.15, -0.1) is 0 Å². The minimum atomic E-state index is -0.804. The zero-order chi connectivity index (χ0) is 90.8. The van der Waals surface area contributed by atoms with Crippen molar-refractivity contribution in [1.82, 2.24) is 69.0 Å². The fourth-order valence-electron chi connectivity index (χ4n) is 11.9. The van der Waals surface area contributed by atoms with E-state index in [1.54, 1.807) is 0 Å². The average molecular weight is 1750 g/mol. The standard InChI is InChI=1S/C75H139N21O24S/c1-57(2)53-120-54-59(97)56-121-55-58-40-63(101)96(75(58)113)21-13-61(99)83-20-11-9-10-12-62(100)84(22-14-76)42-70(108)91(29-35-115-4)48-65(103)86(24-16-78)44-72(110)93(31-37-117-6)50-67(105)88(26-18-80)46-74(112)95(33-39-119-8)52-68(106)89(27-19-81)47-73(111)94(32-38-118-7)51-66(104)87(25-17-79)45-71(109)92(30-36-116-5)49-64(102)85(23-15-77)43-69(107)90(28-34-114-3)41-60(82)98/h57-59,97H,9-56,76-81H2,1-8H3,(H2,82,98)(H,83,99). The van der Waals surface area contributed by atoms with Crippen molar-refractivity contribution in [3.63, 3.8) is 0 Å². The number of hydrogen-bond donors (Lipinski definition) is 9. The molecule has 694 valence electrons. The number of amides is 16. The lowest BCUT2D eigenvalue weighted by Crippen LogP contribution is -2.54. The van der Waals surface area contributed by atoms with Gasteiger partial charge < -0.3 is 143 Å². The van der Waals surface area contributed by atoms with E-state index in [1.807, 2.05) is 13.8 Å². The van der Waals surface area contributed by atoms with Crippen LogP contribution in [0.5, 0.6) is 0 Å². The Labute approximate surface area is 714 Å². The summed E-state index contributed by atoms with van der Waals surface area (Å²) in [6.07, 6.45) is 0.601. The molecule has 45 nitrogen and oxygen atoms in total. The minimum absolute atomic E-state index is 0.00623. The summed E-state index contributed by atoms with van der Waals surface area (Å²) in [5.74, 6) is -9.98. The highest BCUT2D eigenvalue weighted by Crippen LogP contribution is 2.24. The smallest absolute Gasteiger partial charge is 0.242 e. The monoisotopic (exact) mass is 1750 g/mol. The van der Waals surface area contributed by atoms with Crippen LogP contribution in [0.25, 0.3) is 0 Å². The summed E-state index contributed by atoms with van der Waals surface area (Å²) in [6, 6.07) is 0. The number of methoxy groups -OCH3 is 6. The third-order valence-corrected chi connectivity index (χ3v) is 19.9. The molecule has 1 aliphatic rings. The first kappa shape index (κ1) is 111. The van der Waals surface area contributed by atoms with Crippen LogP contribution >= 0.6 is 11.8 Å². The van der Waals surface area contributed by atoms with Crippen molar-refractivity contribution in [3.05, 3.63) is 0 Å². The van der Waals surface area contributed by atoms with Gasteiger partial charge in [0.1, 0.15) is 0 Å². The first-order valence-electron chi connectivity index (χ1n) is 40.5. The van der Waals surface area contributed by atoms with Crippen molar-refractivity contribution in [2.45, 2.75) is 58.5 Å². The van der Waals surface area contributed by atoms with Gasteiger partial charge in [-0.1, -0.05) is 20.3 Å². The van der Waals surface area contributed by atoms with Crippen LogP contribution < -0.4 is 45.5 Å². The number of aliphatic hydroxyl groups excluding tert-OH is 1. The number of nitrogens with zero attached hydrogens (tertiary/aromatic N) is 13. The second-order valence-electron chi connectivity index (χ2n) is 28.8. The molecular weight excluding hydrogens is 1610 g/mol. The summed E-state index contributed by atoms with van der Waals surface area (Å²) < 4.78 is 36.8. The van der Waals surface area contributed by atoms with Crippen LogP contribution in [0.15, 0.2) is 0 Å². The number of aliphatic hydroxyl groups is 1. The molecule has 46 heteroatoms. The lowest BCUT2D eigenvalue weighted by molar-refractivity contribution is -0.149. The first-order chi connectivity index (χ1) is 57.8. The lowest BCUT2D eigenvalue weighted by Gasteiger charge is -2.33. The molecule has 2 unspecified atom stereocenters. The summed E-state index contributed by atoms with van der Waals surface area (Å²) in [5, 5.41) is 13.0. The van der Waals surface area contributed by atoms with Crippen LogP contribution in [0, 0.1) is 11.8 Å². The van der Waals surface area contributed by atoms with Crippen molar-refractivity contribution >= 4 is 106 Å². The number of thioether (sulfide) groups is 1. The highest BCUT2D eigenvalue weighted by Gasteiger charge is 2.39. The average Bonchev–Trinajstić information content (AvgIpc) is 1.73. The van der Waals surface area contributed by atoms with Gasteiger partial charge in [0.25, 0.3) is 0 Å². The summed E-state index contributed by atoms with van der Waals surface area (Å²) in [7, 11) is 8.18. The van der Waals surface area contributed by atoms with Crippen LogP contribution in [-0.4, -0.2) is 486 Å². The zero-order valence-electron chi connectivity index (χ0n) is 72.3. The number of ether oxygens (including phenoxy) is 7. The molecule has 1 fully saturated rings. The van der Waals surface area contributed by atoms with Gasteiger partial charge in [-0.2, -0.15) is 11.8 Å². The Morgan fingerprint density at radius 1 is 0.397 bits per heavy atom. The maximum Gasteiger partial charge on any atom is 0.242 e. The van der Waals surface area contributed by atoms with Gasteiger partial charge in [-0.05, 0) is 18.8 Å². The van der Waals surface area contributed by atoms with E-state index < -0.39 is 167 Å². The summed E-state index contributed by atoms with van der Waals surface area (Å²) in [5.41, 5.74) is 40.9. The number of nitrogens with two attached hydrogens (primary N) is 7. The number of imide groups is 1. The number of carbonyl (C=O) groups excluding carboxylic acids is 16. The van der Waals surface area contributed by atoms with Crippen LogP contribution in [0.4, 0.5) is 0 Å². The predicted octanol–water partition coefficient (Wildman–Crippen LogP) is -9.75. The molecule has 16 N–H and O–H groups in total. The van der Waals surface area contributed by atoms with Gasteiger partial charge in [0.2, 0.25) is 94.5 Å². The summed E-state index contributed by atoms with van der Waals surface area (Å²) in [4.78, 5) is 234. The second-order valence-corrected chi connectivity index (χ2v) is 29.8. The number of likely N-dealkylation sites (tertiary alicyclic amines) is 1. The Morgan fingerprint density at radius 3 is 0.934 bits per heavy atom. The van der Waals surface area contributed by atoms with E-state index in [4.69, 9.17) is 73.3 Å². The third-order valence-electron chi connectivity index (χ3n) is 18.6. The van der Waals surface area contributed by atoms with Gasteiger partial charge in [0.15, 0.2) is 0 Å². The predicted molar refractivity (Wildman–Crippen MR) is 444 cm³/mol. The maximum absolute atomic E-state index is 14.4. The first-order valence-corrected chi connectivity index (χ1v) is 41.7. The number of nitrogens with one attached hydrogen (secondary N) is 1. The molecule has 16 amide bonds. The number of unbranched alkanes of at least 4 members (excludes halogenated alkanes) is 2. The Hall–Kier alpha value is -8.49. The van der Waals surface area contributed by atoms with Gasteiger partial charge in [-0.25, -0.2) is 0 Å². The van der Waals surface area contributed by atoms with Crippen molar-refractivity contribution < 1.29 is 115 Å². The van der Waals surface area contributed by atoms with Crippen LogP contribution in [0.3, 0.4) is 0 Å². The fraction of sp³-hybridized carbons (Fsp3) is 0.787. The SMILES string of the molecule is COCCN(CC(N)=O)C(=O)CN(CCN)C(=O)CN(CCOC)C(=O)CN(CCN)C(=O)CN(CCOC)C(=O)CN(CCN)C(=O)CN(CCOC)C(=O)CN(CCN)C(=O)CN(CCOC)C(=O)CN(CCN)C(=O)CN(CCOC)C(=O)CN(CCN)C(=O)CCCCCNC(=O)CCN1C(=O)CC(CSCC(O)COCC(C)C)C1=O. The largest absolute Gasteiger partial charge is 0.390 e. The minimum Gasteiger partial charge on any atom is -0.390 e. The summed E-state index contributed by atoms with van der Waals surface area (Å²) >= 11 is 1.36. The maximum atomic E-state index is 14.4. The second kappa shape index (κ2) is 65.2. The van der Waals surface area contributed by atoms with E-state index in [0.717, 1.165) is 58.8 Å². The number of primary amides is 1. The summed E-state index contributed by atoms with van der Waals surface area (Å²) in [6.45, 7) is -5.38. The van der Waals surface area contributed by atoms with Crippen LogP contribution in [0.1, 0.15) is 52.4 Å². The van der Waals surface area contributed by atoms with Gasteiger partial charge in [0, 0.05) is 211 Å². The van der Waals surface area contributed by atoms with Crippen molar-refractivity contribution in [2.75, 3.05) is 316 Å². The Morgan fingerprint density at radius 2 is 0.669 bits per heavy atom. The molecule has 1 saturated heterocycles. The molecule has 0 aromatic carbocycles. The molecule has 0 spiro atoms. The molecule has 1 aliphatic heterocycles. The van der Waals surface area contributed by atoms with Crippen molar-refractivity contribution in [3.8, 4) is 0 Å². The molecule has 1 heterocycles. The molecule has 121 heavy (non-hydrogen) atoms. The fourth-order valence-corrected chi connectivity index (χ4v) is 13.0. The molecule has 1 rings (SSSR count). The van der Waals surface area contributed by atoms with Crippen LogP contribution in [0.2, 0.25) is 0 Å². The van der Waals surface area contributed by atoms with Gasteiger partial charge >= 0.3 is 0 Å². The van der Waals surface area contributed by atoms with E-state index >= 15 is 0 Å². The zero-order valence-corrected chi connectivity index (χ0v) is 73.1. The Kier molecular flexibility index (Phi) is 59.6. The molecule has 0 bridgehead atoms. The molecule has 0 aliphatic carbocycles. The van der Waals surface area contributed by atoms with Gasteiger partial charge in [0.05, 0.1) is 137 Å². The van der Waals surface area contributed by atoms with E-state index in [1.165, 1.54) is 59.3 Å². The molecule has 0 saturated carbocycles. The van der Waals surface area contributed by atoms with Crippen LogP contribution in [-0.2, 0) is 110 Å². The number of carbonyl (C=O) groups is 16. The highest BCUT2D eigenvalue weighted by atomic mass is 32.2. The quantitative estimate of drug-likeness (QED) is 0.0202. The van der Waals surface area contributed by atoms with Crippen molar-refractivity contribution in [1.29, 1.82) is 0 Å².